The Bertz CT molecular complexity index is 955. The molecule has 0 aromatic heterocycles. The first-order valence-corrected chi connectivity index (χ1v) is 7.95. The van der Waals surface area contributed by atoms with Crippen LogP contribution in [-0.4, -0.2) is 10.9 Å². The number of carbonyl (C=O) groups excluding carboxylic acids is 1. The quantitative estimate of drug-likeness (QED) is 0.352. The van der Waals surface area contributed by atoms with Crippen LogP contribution < -0.4 is 4.74 Å². The Labute approximate surface area is 153 Å². The first-order chi connectivity index (χ1) is 13.0. The zero-order valence-electron chi connectivity index (χ0n) is 14.0. The van der Waals surface area contributed by atoms with Crippen LogP contribution in [0, 0.1) is 15.9 Å². The Morgan fingerprint density at radius 2 is 1.67 bits per heavy atom. The topological polar surface area (TPSA) is 78.7 Å². The summed E-state index contributed by atoms with van der Waals surface area (Å²) in [4.78, 5) is 22.1. The van der Waals surface area contributed by atoms with Crippen LogP contribution >= 0.6 is 0 Å². The van der Waals surface area contributed by atoms with Crippen molar-refractivity contribution in [3.8, 4) is 11.5 Å². The summed E-state index contributed by atoms with van der Waals surface area (Å²) in [6, 6.07) is 17.7. The monoisotopic (exact) mass is 367 g/mol. The van der Waals surface area contributed by atoms with Crippen LogP contribution in [0.5, 0.6) is 11.5 Å². The van der Waals surface area contributed by atoms with Gasteiger partial charge in [0.2, 0.25) is 0 Å². The second-order valence-corrected chi connectivity index (χ2v) is 5.58. The van der Waals surface area contributed by atoms with Crippen molar-refractivity contribution in [1.82, 2.24) is 0 Å². The molecular formula is C20H14FNO5. The van der Waals surface area contributed by atoms with Crippen LogP contribution in [0.2, 0.25) is 0 Å². The largest absolute Gasteiger partial charge is 0.457 e. The predicted molar refractivity (Wildman–Crippen MR) is 95.1 cm³/mol. The van der Waals surface area contributed by atoms with Gasteiger partial charge in [0.15, 0.2) is 0 Å². The minimum absolute atomic E-state index is 0.0215. The standard InChI is InChI=1S/C20H14FNO5/c21-16-6-4-15(5-7-16)20(23)26-13-14-2-1-3-19(12-14)27-18-10-8-17(9-11-18)22(24)25/h1-12H,13H2. The second-order valence-electron chi connectivity index (χ2n) is 5.58. The molecular weight excluding hydrogens is 353 g/mol. The van der Waals surface area contributed by atoms with Gasteiger partial charge in [-0.3, -0.25) is 10.1 Å². The minimum Gasteiger partial charge on any atom is -0.457 e. The molecule has 0 fully saturated rings. The molecule has 0 amide bonds. The van der Waals surface area contributed by atoms with Crippen LogP contribution in [0.3, 0.4) is 0 Å². The lowest BCUT2D eigenvalue weighted by atomic mass is 10.2. The fourth-order valence-electron chi connectivity index (χ4n) is 2.29. The predicted octanol–water partition coefficient (Wildman–Crippen LogP) is 4.88. The molecule has 0 atom stereocenters. The summed E-state index contributed by atoms with van der Waals surface area (Å²) in [7, 11) is 0. The van der Waals surface area contributed by atoms with E-state index in [0.717, 1.165) is 0 Å². The van der Waals surface area contributed by atoms with Gasteiger partial charge >= 0.3 is 5.97 Å². The molecule has 0 saturated carbocycles. The van der Waals surface area contributed by atoms with Crippen LogP contribution in [0.25, 0.3) is 0 Å². The number of carbonyl (C=O) groups is 1. The molecule has 0 aliphatic carbocycles. The van der Waals surface area contributed by atoms with Crippen molar-refractivity contribution in [2.75, 3.05) is 0 Å². The zero-order valence-corrected chi connectivity index (χ0v) is 14.0. The highest BCUT2D eigenvalue weighted by molar-refractivity contribution is 5.89. The molecule has 3 aromatic carbocycles. The average Bonchev–Trinajstić information content (AvgIpc) is 2.67. The molecule has 0 saturated heterocycles. The molecule has 0 N–H and O–H groups in total. The van der Waals surface area contributed by atoms with Crippen molar-refractivity contribution in [2.45, 2.75) is 6.61 Å². The number of nitro groups is 1. The van der Waals surface area contributed by atoms with Gasteiger partial charge in [-0.15, -0.1) is 0 Å². The first-order valence-electron chi connectivity index (χ1n) is 7.95. The van der Waals surface area contributed by atoms with Crippen molar-refractivity contribution in [3.05, 3.63) is 99.9 Å². The molecule has 0 spiro atoms. The summed E-state index contributed by atoms with van der Waals surface area (Å²) in [5.41, 5.74) is 0.934. The van der Waals surface area contributed by atoms with Crippen LogP contribution in [0.1, 0.15) is 15.9 Å². The van der Waals surface area contributed by atoms with Gasteiger partial charge in [0.1, 0.15) is 23.9 Å². The van der Waals surface area contributed by atoms with Crippen molar-refractivity contribution in [2.24, 2.45) is 0 Å². The van der Waals surface area contributed by atoms with Gasteiger partial charge < -0.3 is 9.47 Å². The van der Waals surface area contributed by atoms with Gasteiger partial charge in [-0.05, 0) is 54.1 Å². The highest BCUT2D eigenvalue weighted by Gasteiger charge is 2.09. The molecule has 27 heavy (non-hydrogen) atoms. The third-order valence-electron chi connectivity index (χ3n) is 3.63. The normalized spacial score (nSPS) is 10.3. The molecule has 0 aliphatic heterocycles. The Hall–Kier alpha value is -3.74. The first kappa shape index (κ1) is 18.1. The maximum Gasteiger partial charge on any atom is 0.338 e. The molecule has 0 radical (unpaired) electrons. The van der Waals surface area contributed by atoms with Crippen LogP contribution in [-0.2, 0) is 11.3 Å². The Balaban J connectivity index is 1.62. The number of esters is 1. The molecule has 0 bridgehead atoms. The van der Waals surface area contributed by atoms with Crippen molar-refractivity contribution < 1.29 is 23.6 Å². The minimum atomic E-state index is -0.559. The fraction of sp³-hybridized carbons (Fsp3) is 0.0500. The Kier molecular flexibility index (Phi) is 5.41. The number of nitrogens with zero attached hydrogens (tertiary/aromatic N) is 1. The molecule has 0 heterocycles. The van der Waals surface area contributed by atoms with E-state index < -0.39 is 16.7 Å². The summed E-state index contributed by atoms with van der Waals surface area (Å²) in [5.74, 6) is -0.0421. The number of hydrogen-bond donors (Lipinski definition) is 0. The summed E-state index contributed by atoms with van der Waals surface area (Å²) < 4.78 is 23.7. The number of rotatable bonds is 6. The van der Waals surface area contributed by atoms with Crippen molar-refractivity contribution in [3.63, 3.8) is 0 Å². The summed E-state index contributed by atoms with van der Waals surface area (Å²) in [5, 5.41) is 10.7. The summed E-state index contributed by atoms with van der Waals surface area (Å²) in [6.45, 7) is 0.0215. The smallest absolute Gasteiger partial charge is 0.338 e. The SMILES string of the molecule is O=C(OCc1cccc(Oc2ccc([N+](=O)[O-])cc2)c1)c1ccc(F)cc1. The summed E-state index contributed by atoms with van der Waals surface area (Å²) >= 11 is 0. The number of non-ortho nitro benzene ring substituents is 1. The Morgan fingerprint density at radius 3 is 2.33 bits per heavy atom. The van der Waals surface area contributed by atoms with E-state index in [2.05, 4.69) is 0 Å². The maximum absolute atomic E-state index is 12.9. The number of hydrogen-bond acceptors (Lipinski definition) is 5. The number of ether oxygens (including phenoxy) is 2. The van der Waals surface area contributed by atoms with Gasteiger partial charge in [-0.25, -0.2) is 9.18 Å². The molecule has 136 valence electrons. The summed E-state index contributed by atoms with van der Waals surface area (Å²) in [6.07, 6.45) is 0. The highest BCUT2D eigenvalue weighted by Crippen LogP contribution is 2.24. The molecule has 0 aliphatic rings. The zero-order chi connectivity index (χ0) is 19.2. The molecule has 0 unspecified atom stereocenters. The third-order valence-corrected chi connectivity index (χ3v) is 3.63. The molecule has 3 aromatic rings. The van der Waals surface area contributed by atoms with Gasteiger partial charge in [0.05, 0.1) is 10.5 Å². The molecule has 3 rings (SSSR count). The van der Waals surface area contributed by atoms with Crippen LogP contribution in [0.4, 0.5) is 10.1 Å². The maximum atomic E-state index is 12.9. The van der Waals surface area contributed by atoms with Gasteiger partial charge in [0.25, 0.3) is 5.69 Å². The van der Waals surface area contributed by atoms with E-state index in [1.165, 1.54) is 48.5 Å². The van der Waals surface area contributed by atoms with Crippen molar-refractivity contribution >= 4 is 11.7 Å². The van der Waals surface area contributed by atoms with E-state index in [9.17, 15) is 19.3 Å². The molecule has 7 heteroatoms. The van der Waals surface area contributed by atoms with Gasteiger partial charge in [0, 0.05) is 12.1 Å². The van der Waals surface area contributed by atoms with Crippen LogP contribution in [0.15, 0.2) is 72.8 Å². The van der Waals surface area contributed by atoms with E-state index in [0.29, 0.717) is 17.1 Å². The van der Waals surface area contributed by atoms with E-state index in [1.807, 2.05) is 0 Å². The van der Waals surface area contributed by atoms with E-state index >= 15 is 0 Å². The van der Waals surface area contributed by atoms with Gasteiger partial charge in [-0.2, -0.15) is 0 Å². The van der Waals surface area contributed by atoms with E-state index in [-0.39, 0.29) is 17.9 Å². The lowest BCUT2D eigenvalue weighted by molar-refractivity contribution is -0.384. The lowest BCUT2D eigenvalue weighted by Gasteiger charge is -2.08. The highest BCUT2D eigenvalue weighted by atomic mass is 19.1. The fourth-order valence-corrected chi connectivity index (χ4v) is 2.29. The number of nitro benzene ring substituents is 1. The average molecular weight is 367 g/mol. The van der Waals surface area contributed by atoms with E-state index in [1.54, 1.807) is 24.3 Å². The Morgan fingerprint density at radius 1 is 0.963 bits per heavy atom. The number of benzene rings is 3. The number of halogens is 1. The van der Waals surface area contributed by atoms with Crippen molar-refractivity contribution in [1.29, 1.82) is 0 Å². The molecule has 6 nitrogen and oxygen atoms in total. The lowest BCUT2D eigenvalue weighted by Crippen LogP contribution is -2.05. The second kappa shape index (κ2) is 8.09. The van der Waals surface area contributed by atoms with E-state index in [4.69, 9.17) is 9.47 Å². The third kappa shape index (κ3) is 4.88. The van der Waals surface area contributed by atoms with Gasteiger partial charge in [-0.1, -0.05) is 12.1 Å².